The number of nitrogens with two attached hydrogens (primary N) is 1. The van der Waals surface area contributed by atoms with Crippen molar-refractivity contribution in [3.63, 3.8) is 0 Å². The zero-order valence-corrected chi connectivity index (χ0v) is 13.4. The van der Waals surface area contributed by atoms with Gasteiger partial charge in [0.15, 0.2) is 0 Å². The van der Waals surface area contributed by atoms with Gasteiger partial charge in [-0.15, -0.1) is 0 Å². The van der Waals surface area contributed by atoms with E-state index in [0.717, 1.165) is 18.5 Å². The average Bonchev–Trinajstić information content (AvgIpc) is 2.96. The van der Waals surface area contributed by atoms with Crippen LogP contribution in [0.15, 0.2) is 17.2 Å². The van der Waals surface area contributed by atoms with E-state index in [4.69, 9.17) is 5.73 Å². The van der Waals surface area contributed by atoms with Crippen LogP contribution in [0.4, 0.5) is 0 Å². The van der Waals surface area contributed by atoms with Gasteiger partial charge in [-0.25, -0.2) is 13.1 Å². The number of sulfonamides is 1. The predicted octanol–water partition coefficient (Wildman–Crippen LogP) is 1.82. The standard InChI is InChI=1S/C13H23N3O2S2/c1-19-13(5-3-2-4-6-13)10-16-20(17,18)12-7-11(8-14)15-9-12/h7,9,15-16H,2-6,8,10,14H2,1H3. The van der Waals surface area contributed by atoms with Crippen molar-refractivity contribution < 1.29 is 8.42 Å². The predicted molar refractivity (Wildman–Crippen MR) is 83.2 cm³/mol. The molecule has 0 spiro atoms. The molecule has 114 valence electrons. The number of hydrogen-bond donors (Lipinski definition) is 3. The van der Waals surface area contributed by atoms with Crippen molar-refractivity contribution in [3.05, 3.63) is 18.0 Å². The minimum Gasteiger partial charge on any atom is -0.363 e. The number of nitrogens with one attached hydrogen (secondary N) is 2. The van der Waals surface area contributed by atoms with Gasteiger partial charge in [-0.3, -0.25) is 0 Å². The van der Waals surface area contributed by atoms with Gasteiger partial charge in [0.1, 0.15) is 0 Å². The number of H-pyrrole nitrogens is 1. The third-order valence-electron chi connectivity index (χ3n) is 4.03. The first-order valence-corrected chi connectivity index (χ1v) is 9.64. The lowest BCUT2D eigenvalue weighted by Gasteiger charge is -2.35. The van der Waals surface area contributed by atoms with E-state index >= 15 is 0 Å². The lowest BCUT2D eigenvalue weighted by Crippen LogP contribution is -2.41. The Labute approximate surface area is 125 Å². The number of rotatable bonds is 6. The lowest BCUT2D eigenvalue weighted by molar-refractivity contribution is 0.395. The average molecular weight is 317 g/mol. The summed E-state index contributed by atoms with van der Waals surface area (Å²) in [6.45, 7) is 0.809. The van der Waals surface area contributed by atoms with Gasteiger partial charge in [0.05, 0.1) is 4.90 Å². The summed E-state index contributed by atoms with van der Waals surface area (Å²) in [6.07, 6.45) is 9.36. The fraction of sp³-hybridized carbons (Fsp3) is 0.692. The molecule has 1 heterocycles. The molecule has 0 saturated heterocycles. The third-order valence-corrected chi connectivity index (χ3v) is 6.83. The minimum atomic E-state index is -3.45. The summed E-state index contributed by atoms with van der Waals surface area (Å²) in [5, 5.41) is 0. The van der Waals surface area contributed by atoms with E-state index in [1.165, 1.54) is 25.5 Å². The largest absolute Gasteiger partial charge is 0.363 e. The van der Waals surface area contributed by atoms with Crippen molar-refractivity contribution in [2.45, 2.75) is 48.3 Å². The van der Waals surface area contributed by atoms with Crippen LogP contribution in [0.25, 0.3) is 0 Å². The van der Waals surface area contributed by atoms with Crippen molar-refractivity contribution >= 4 is 21.8 Å². The zero-order valence-electron chi connectivity index (χ0n) is 11.8. The van der Waals surface area contributed by atoms with Crippen LogP contribution in [-0.4, -0.2) is 30.9 Å². The minimum absolute atomic E-state index is 0.0539. The van der Waals surface area contributed by atoms with Crippen molar-refractivity contribution in [2.24, 2.45) is 5.73 Å². The highest BCUT2D eigenvalue weighted by molar-refractivity contribution is 8.00. The summed E-state index contributed by atoms with van der Waals surface area (Å²) in [5.41, 5.74) is 6.21. The molecule has 0 bridgehead atoms. The van der Waals surface area contributed by atoms with Crippen LogP contribution in [0.2, 0.25) is 0 Å². The van der Waals surface area contributed by atoms with Crippen LogP contribution in [0.3, 0.4) is 0 Å². The Hall–Kier alpha value is -0.500. The zero-order chi connectivity index (χ0) is 14.6. The van der Waals surface area contributed by atoms with E-state index in [9.17, 15) is 8.42 Å². The van der Waals surface area contributed by atoms with Crippen LogP contribution in [-0.2, 0) is 16.6 Å². The molecule has 1 saturated carbocycles. The number of thioether (sulfide) groups is 1. The van der Waals surface area contributed by atoms with E-state index in [2.05, 4.69) is 16.0 Å². The Balaban J connectivity index is 2.04. The highest BCUT2D eigenvalue weighted by Crippen LogP contribution is 2.38. The summed E-state index contributed by atoms with van der Waals surface area (Å²) in [4.78, 5) is 3.14. The van der Waals surface area contributed by atoms with Gasteiger partial charge in [-0.1, -0.05) is 19.3 Å². The van der Waals surface area contributed by atoms with Crippen molar-refractivity contribution in [3.8, 4) is 0 Å². The third kappa shape index (κ3) is 3.58. The lowest BCUT2D eigenvalue weighted by atomic mass is 9.88. The molecule has 1 aliphatic rings. The summed E-state index contributed by atoms with van der Waals surface area (Å²) >= 11 is 1.78. The summed E-state index contributed by atoms with van der Waals surface area (Å²) in [5.74, 6) is 0. The van der Waals surface area contributed by atoms with Crippen LogP contribution >= 0.6 is 11.8 Å². The number of aromatic amines is 1. The molecule has 0 radical (unpaired) electrons. The van der Waals surface area contributed by atoms with E-state index < -0.39 is 10.0 Å². The van der Waals surface area contributed by atoms with Crippen molar-refractivity contribution in [1.29, 1.82) is 0 Å². The first-order chi connectivity index (χ1) is 9.51. The second kappa shape index (κ2) is 6.51. The molecule has 20 heavy (non-hydrogen) atoms. The molecule has 1 aliphatic carbocycles. The van der Waals surface area contributed by atoms with Crippen LogP contribution in [0.1, 0.15) is 37.8 Å². The van der Waals surface area contributed by atoms with Gasteiger partial charge in [-0.05, 0) is 25.2 Å². The summed E-state index contributed by atoms with van der Waals surface area (Å²) < 4.78 is 27.4. The van der Waals surface area contributed by atoms with Crippen LogP contribution < -0.4 is 10.5 Å². The molecule has 5 nitrogen and oxygen atoms in total. The molecular weight excluding hydrogens is 294 g/mol. The number of aromatic nitrogens is 1. The molecule has 2 rings (SSSR count). The molecule has 7 heteroatoms. The van der Waals surface area contributed by atoms with Gasteiger partial charge in [0.25, 0.3) is 0 Å². The maximum Gasteiger partial charge on any atom is 0.242 e. The van der Waals surface area contributed by atoms with Gasteiger partial charge in [0, 0.05) is 29.7 Å². The van der Waals surface area contributed by atoms with Gasteiger partial charge >= 0.3 is 0 Å². The Morgan fingerprint density at radius 2 is 2.10 bits per heavy atom. The molecule has 0 aliphatic heterocycles. The Bertz CT molecular complexity index is 534. The van der Waals surface area contributed by atoms with Gasteiger partial charge < -0.3 is 10.7 Å². The molecule has 4 N–H and O–H groups in total. The maximum atomic E-state index is 12.3. The molecule has 0 atom stereocenters. The van der Waals surface area contributed by atoms with Crippen LogP contribution in [0, 0.1) is 0 Å². The maximum absolute atomic E-state index is 12.3. The second-order valence-corrected chi connectivity index (χ2v) is 8.38. The highest BCUT2D eigenvalue weighted by atomic mass is 32.2. The monoisotopic (exact) mass is 317 g/mol. The quantitative estimate of drug-likeness (QED) is 0.747. The first kappa shape index (κ1) is 15.9. The fourth-order valence-electron chi connectivity index (χ4n) is 2.65. The molecule has 0 amide bonds. The summed E-state index contributed by atoms with van der Waals surface area (Å²) in [6, 6.07) is 1.59. The molecule has 0 aromatic carbocycles. The number of hydrogen-bond acceptors (Lipinski definition) is 4. The van der Waals surface area contributed by atoms with Crippen molar-refractivity contribution in [1.82, 2.24) is 9.71 Å². The van der Waals surface area contributed by atoms with Gasteiger partial charge in [-0.2, -0.15) is 11.8 Å². The topological polar surface area (TPSA) is 88.0 Å². The van der Waals surface area contributed by atoms with Crippen molar-refractivity contribution in [2.75, 3.05) is 12.8 Å². The molecule has 0 unspecified atom stereocenters. The SMILES string of the molecule is CSC1(CNS(=O)(=O)c2c[nH]c(CN)c2)CCCCC1. The molecule has 1 fully saturated rings. The van der Waals surface area contributed by atoms with E-state index in [-0.39, 0.29) is 9.64 Å². The smallest absolute Gasteiger partial charge is 0.242 e. The van der Waals surface area contributed by atoms with E-state index in [0.29, 0.717) is 13.1 Å². The first-order valence-electron chi connectivity index (χ1n) is 6.93. The molecule has 1 aromatic rings. The molecular formula is C13H23N3O2S2. The molecule has 1 aromatic heterocycles. The Kier molecular flexibility index (Phi) is 5.17. The van der Waals surface area contributed by atoms with E-state index in [1.807, 2.05) is 0 Å². The Morgan fingerprint density at radius 3 is 2.65 bits per heavy atom. The fourth-order valence-corrected chi connectivity index (χ4v) is 4.80. The van der Waals surface area contributed by atoms with E-state index in [1.54, 1.807) is 17.8 Å². The summed E-state index contributed by atoms with van der Waals surface area (Å²) in [7, 11) is -3.45. The second-order valence-electron chi connectivity index (χ2n) is 5.34. The van der Waals surface area contributed by atoms with Gasteiger partial charge in [0.2, 0.25) is 10.0 Å². The van der Waals surface area contributed by atoms with Crippen LogP contribution in [0.5, 0.6) is 0 Å². The normalized spacial score (nSPS) is 19.1. The Morgan fingerprint density at radius 1 is 1.40 bits per heavy atom. The highest BCUT2D eigenvalue weighted by Gasteiger charge is 2.32.